The summed E-state index contributed by atoms with van der Waals surface area (Å²) in [5.74, 6) is -0.838. The highest BCUT2D eigenvalue weighted by Gasteiger charge is 2.44. The van der Waals surface area contributed by atoms with Crippen LogP contribution in [0.2, 0.25) is 0 Å². The Kier molecular flexibility index (Phi) is 34.0. The molecule has 1 heterocycles. The van der Waals surface area contributed by atoms with Gasteiger partial charge in [-0.25, -0.2) is 0 Å². The molecule has 0 saturated carbocycles. The smallest absolute Gasteiger partial charge is 0.306 e. The van der Waals surface area contributed by atoms with Gasteiger partial charge in [-0.3, -0.25) is 9.59 Å². The lowest BCUT2D eigenvalue weighted by atomic mass is 9.99. The molecule has 10 heteroatoms. The summed E-state index contributed by atoms with van der Waals surface area (Å²) in [7, 11) is 0. The van der Waals surface area contributed by atoms with Crippen molar-refractivity contribution in [3.63, 3.8) is 0 Å². The minimum absolute atomic E-state index is 0.227. The predicted molar refractivity (Wildman–Crippen MR) is 219 cm³/mol. The first-order chi connectivity index (χ1) is 26.8. The minimum Gasteiger partial charge on any atom is -0.462 e. The van der Waals surface area contributed by atoms with Crippen molar-refractivity contribution in [1.82, 2.24) is 0 Å². The van der Waals surface area contributed by atoms with E-state index in [1.807, 2.05) is 0 Å². The van der Waals surface area contributed by atoms with Crippen molar-refractivity contribution in [3.05, 3.63) is 24.3 Å². The Labute approximate surface area is 334 Å². The van der Waals surface area contributed by atoms with E-state index in [0.717, 1.165) is 44.9 Å². The average Bonchev–Trinajstić information content (AvgIpc) is 3.18. The fraction of sp³-hybridized carbons (Fsp3) is 0.867. The number of esters is 2. The first-order valence-electron chi connectivity index (χ1n) is 22.4. The molecule has 1 saturated heterocycles. The number of carbonyl (C=O) groups excluding carboxylic acids is 2. The molecule has 0 bridgehead atoms. The molecule has 0 aromatic carbocycles. The normalized spacial score (nSPS) is 20.7. The molecule has 4 N–H and O–H groups in total. The molecule has 1 aliphatic heterocycles. The molecule has 1 rings (SSSR count). The van der Waals surface area contributed by atoms with Crippen molar-refractivity contribution in [2.75, 3.05) is 19.8 Å². The lowest BCUT2D eigenvalue weighted by molar-refractivity contribution is -0.305. The Morgan fingerprint density at radius 1 is 0.564 bits per heavy atom. The van der Waals surface area contributed by atoms with E-state index in [2.05, 4.69) is 38.2 Å². The van der Waals surface area contributed by atoms with Gasteiger partial charge in [-0.1, -0.05) is 160 Å². The SMILES string of the molecule is CCCCCCCC/C=C/C/C=C/CCCCC(=O)OC[C@@H](CO[C@H]1O[C@@H](CO)[C@@H](O)C(O)C1O)OC(=O)CCCCCCCCCCCCCCCCC. The monoisotopic (exact) mass is 783 g/mol. The second-order valence-electron chi connectivity index (χ2n) is 15.5. The highest BCUT2D eigenvalue weighted by molar-refractivity contribution is 5.70. The molecular weight excluding hydrogens is 700 g/mol. The second kappa shape index (κ2) is 36.5. The zero-order chi connectivity index (χ0) is 40.2. The van der Waals surface area contributed by atoms with Crippen LogP contribution in [-0.2, 0) is 28.5 Å². The molecule has 10 nitrogen and oxygen atoms in total. The van der Waals surface area contributed by atoms with Gasteiger partial charge in [0.05, 0.1) is 13.2 Å². The van der Waals surface area contributed by atoms with Gasteiger partial charge in [-0.2, -0.15) is 0 Å². The van der Waals surface area contributed by atoms with E-state index in [1.54, 1.807) is 0 Å². The van der Waals surface area contributed by atoms with Crippen molar-refractivity contribution < 1.29 is 49.0 Å². The van der Waals surface area contributed by atoms with E-state index in [4.69, 9.17) is 18.9 Å². The van der Waals surface area contributed by atoms with E-state index in [9.17, 15) is 30.0 Å². The van der Waals surface area contributed by atoms with Crippen molar-refractivity contribution in [2.45, 2.75) is 230 Å². The van der Waals surface area contributed by atoms with E-state index < -0.39 is 55.4 Å². The lowest BCUT2D eigenvalue weighted by Gasteiger charge is -2.39. The van der Waals surface area contributed by atoms with E-state index in [0.29, 0.717) is 12.8 Å². The number of allylic oxidation sites excluding steroid dienone is 4. The maximum Gasteiger partial charge on any atom is 0.306 e. The van der Waals surface area contributed by atoms with Gasteiger partial charge in [-0.05, 0) is 44.9 Å². The largest absolute Gasteiger partial charge is 0.462 e. The molecule has 55 heavy (non-hydrogen) atoms. The Morgan fingerprint density at radius 2 is 1.02 bits per heavy atom. The predicted octanol–water partition coefficient (Wildman–Crippen LogP) is 9.33. The van der Waals surface area contributed by atoms with E-state index in [1.165, 1.54) is 109 Å². The van der Waals surface area contributed by atoms with Crippen LogP contribution in [-0.4, -0.2) is 89.0 Å². The molecule has 6 atom stereocenters. The number of hydrogen-bond donors (Lipinski definition) is 4. The van der Waals surface area contributed by atoms with Crippen LogP contribution in [0.15, 0.2) is 24.3 Å². The number of aliphatic hydroxyl groups excluding tert-OH is 4. The third-order valence-electron chi connectivity index (χ3n) is 10.3. The van der Waals surface area contributed by atoms with Crippen molar-refractivity contribution in [1.29, 1.82) is 0 Å². The van der Waals surface area contributed by atoms with Crippen LogP contribution in [0.25, 0.3) is 0 Å². The molecule has 0 aliphatic carbocycles. The summed E-state index contributed by atoms with van der Waals surface area (Å²) in [6.07, 6.45) is 31.8. The summed E-state index contributed by atoms with van der Waals surface area (Å²) in [5, 5.41) is 40.0. The van der Waals surface area contributed by atoms with Gasteiger partial charge in [0.15, 0.2) is 12.4 Å². The summed E-state index contributed by atoms with van der Waals surface area (Å²) >= 11 is 0. The van der Waals surface area contributed by atoms with Gasteiger partial charge in [0, 0.05) is 12.8 Å². The molecule has 2 unspecified atom stereocenters. The van der Waals surface area contributed by atoms with Crippen molar-refractivity contribution >= 4 is 11.9 Å². The summed E-state index contributed by atoms with van der Waals surface area (Å²) < 4.78 is 22.1. The number of rotatable bonds is 37. The molecule has 1 fully saturated rings. The maximum atomic E-state index is 12.8. The number of hydrogen-bond acceptors (Lipinski definition) is 10. The molecule has 0 spiro atoms. The lowest BCUT2D eigenvalue weighted by Crippen LogP contribution is -2.59. The molecule has 1 aliphatic rings. The Morgan fingerprint density at radius 3 is 1.55 bits per heavy atom. The molecule has 0 aromatic rings. The van der Waals surface area contributed by atoms with Crippen molar-refractivity contribution in [3.8, 4) is 0 Å². The third-order valence-corrected chi connectivity index (χ3v) is 10.3. The highest BCUT2D eigenvalue weighted by Crippen LogP contribution is 2.23. The molecule has 0 amide bonds. The van der Waals surface area contributed by atoms with Gasteiger partial charge in [0.1, 0.15) is 31.0 Å². The molecule has 322 valence electrons. The summed E-state index contributed by atoms with van der Waals surface area (Å²) in [6, 6.07) is 0. The maximum absolute atomic E-state index is 12.8. The fourth-order valence-electron chi connectivity index (χ4n) is 6.75. The van der Waals surface area contributed by atoms with Crippen LogP contribution in [0, 0.1) is 0 Å². The number of unbranched alkanes of at least 4 members (excludes halogenated alkanes) is 22. The number of carbonyl (C=O) groups is 2. The first kappa shape index (κ1) is 51.2. The Balaban J connectivity index is 2.35. The summed E-state index contributed by atoms with van der Waals surface area (Å²) in [6.45, 7) is 3.39. The highest BCUT2D eigenvalue weighted by atomic mass is 16.7. The quantitative estimate of drug-likeness (QED) is 0.0273. The third kappa shape index (κ3) is 28.3. The van der Waals surface area contributed by atoms with Crippen LogP contribution in [0.5, 0.6) is 0 Å². The Bertz CT molecular complexity index is 954. The van der Waals surface area contributed by atoms with Crippen LogP contribution in [0.4, 0.5) is 0 Å². The van der Waals surface area contributed by atoms with Gasteiger partial charge >= 0.3 is 11.9 Å². The van der Waals surface area contributed by atoms with Crippen molar-refractivity contribution in [2.24, 2.45) is 0 Å². The zero-order valence-electron chi connectivity index (χ0n) is 34.9. The minimum atomic E-state index is -1.60. The van der Waals surface area contributed by atoms with Crippen LogP contribution in [0.1, 0.15) is 194 Å². The molecular formula is C45H82O10. The van der Waals surface area contributed by atoms with Gasteiger partial charge in [-0.15, -0.1) is 0 Å². The average molecular weight is 783 g/mol. The van der Waals surface area contributed by atoms with Gasteiger partial charge < -0.3 is 39.4 Å². The van der Waals surface area contributed by atoms with E-state index in [-0.39, 0.29) is 26.1 Å². The van der Waals surface area contributed by atoms with Crippen LogP contribution < -0.4 is 0 Å². The standard InChI is InChI=1S/C45H82O10/c1-3-5-7-9-11-13-15-17-19-21-23-25-27-29-31-33-40(47)52-36-38(37-53-45-44(51)43(50)42(49)39(35-46)55-45)54-41(48)34-32-30-28-26-24-22-20-18-16-14-12-10-8-6-4-2/h17,19,23,25,38-39,42-46,49-51H,3-16,18,20-22,24,26-37H2,1-2H3/b19-17+,25-23+/t38-,39-,42+,43?,44?,45-/m0/s1. The van der Waals surface area contributed by atoms with E-state index >= 15 is 0 Å². The first-order valence-corrected chi connectivity index (χ1v) is 22.4. The summed E-state index contributed by atoms with van der Waals surface area (Å²) in [4.78, 5) is 25.3. The zero-order valence-corrected chi connectivity index (χ0v) is 34.9. The van der Waals surface area contributed by atoms with Crippen LogP contribution >= 0.6 is 0 Å². The van der Waals surface area contributed by atoms with Gasteiger partial charge in [0.2, 0.25) is 0 Å². The fourth-order valence-corrected chi connectivity index (χ4v) is 6.75. The summed E-state index contributed by atoms with van der Waals surface area (Å²) in [5.41, 5.74) is 0. The second-order valence-corrected chi connectivity index (χ2v) is 15.5. The molecule has 0 radical (unpaired) electrons. The number of ether oxygens (including phenoxy) is 4. The topological polar surface area (TPSA) is 152 Å². The molecule has 0 aromatic heterocycles. The Hall–Kier alpha value is -1.82. The van der Waals surface area contributed by atoms with Gasteiger partial charge in [0.25, 0.3) is 0 Å². The van der Waals surface area contributed by atoms with Crippen LogP contribution in [0.3, 0.4) is 0 Å². The number of aliphatic hydroxyl groups is 4.